The highest BCUT2D eigenvalue weighted by Gasteiger charge is 2.19. The van der Waals surface area contributed by atoms with Gasteiger partial charge in [0.1, 0.15) is 5.52 Å². The maximum Gasteiger partial charge on any atom is 0.295 e. The standard InChI is InChI=1S/C9H10N4O2/c1-5-3-4-6(13(14)15)8-7(5)9(10)11-12(8)2/h3-4H,1-2H3,(H2,10,11). The molecular formula is C9H10N4O2. The van der Waals surface area contributed by atoms with Gasteiger partial charge in [-0.3, -0.25) is 14.8 Å². The summed E-state index contributed by atoms with van der Waals surface area (Å²) in [6.07, 6.45) is 0. The molecule has 15 heavy (non-hydrogen) atoms. The molecule has 0 amide bonds. The number of nitrogens with two attached hydrogens (primary N) is 1. The van der Waals surface area contributed by atoms with Crippen molar-refractivity contribution >= 4 is 22.4 Å². The Kier molecular flexibility index (Phi) is 1.85. The molecule has 0 bridgehead atoms. The van der Waals surface area contributed by atoms with Gasteiger partial charge in [0.25, 0.3) is 5.69 Å². The maximum absolute atomic E-state index is 10.8. The first-order valence-corrected chi connectivity index (χ1v) is 4.38. The zero-order valence-corrected chi connectivity index (χ0v) is 8.39. The monoisotopic (exact) mass is 206 g/mol. The van der Waals surface area contributed by atoms with Crippen LogP contribution in [-0.2, 0) is 7.05 Å². The fourth-order valence-corrected chi connectivity index (χ4v) is 1.74. The Morgan fingerprint density at radius 3 is 2.80 bits per heavy atom. The van der Waals surface area contributed by atoms with E-state index in [-0.39, 0.29) is 5.69 Å². The van der Waals surface area contributed by atoms with E-state index < -0.39 is 4.92 Å². The summed E-state index contributed by atoms with van der Waals surface area (Å²) in [5.74, 6) is 0.328. The molecule has 0 aliphatic rings. The number of benzene rings is 1. The van der Waals surface area contributed by atoms with Gasteiger partial charge in [0.05, 0.1) is 10.3 Å². The third kappa shape index (κ3) is 1.22. The Morgan fingerprint density at radius 2 is 2.20 bits per heavy atom. The summed E-state index contributed by atoms with van der Waals surface area (Å²) in [6.45, 7) is 1.85. The number of nitrogens with zero attached hydrogens (tertiary/aromatic N) is 3. The number of non-ortho nitro benzene ring substituents is 1. The zero-order chi connectivity index (χ0) is 11.2. The first kappa shape index (κ1) is 9.45. The van der Waals surface area contributed by atoms with E-state index in [2.05, 4.69) is 5.10 Å². The van der Waals surface area contributed by atoms with Crippen LogP contribution < -0.4 is 5.73 Å². The lowest BCUT2D eigenvalue weighted by Crippen LogP contribution is -1.96. The fraction of sp³-hybridized carbons (Fsp3) is 0.222. The van der Waals surface area contributed by atoms with Crippen LogP contribution in [-0.4, -0.2) is 14.7 Å². The van der Waals surface area contributed by atoms with Gasteiger partial charge in [-0.15, -0.1) is 0 Å². The number of fused-ring (bicyclic) bond motifs is 1. The molecule has 2 N–H and O–H groups in total. The lowest BCUT2D eigenvalue weighted by Gasteiger charge is -1.99. The minimum atomic E-state index is -0.428. The van der Waals surface area contributed by atoms with Gasteiger partial charge < -0.3 is 5.73 Å². The molecule has 0 fully saturated rings. The Hall–Kier alpha value is -2.11. The fourth-order valence-electron chi connectivity index (χ4n) is 1.74. The van der Waals surface area contributed by atoms with Crippen LogP contribution in [0.2, 0.25) is 0 Å². The van der Waals surface area contributed by atoms with Crippen LogP contribution in [0.3, 0.4) is 0 Å². The number of aryl methyl sites for hydroxylation is 2. The number of rotatable bonds is 1. The zero-order valence-electron chi connectivity index (χ0n) is 8.39. The van der Waals surface area contributed by atoms with Crippen LogP contribution in [0.15, 0.2) is 12.1 Å². The third-order valence-corrected chi connectivity index (χ3v) is 2.40. The lowest BCUT2D eigenvalue weighted by molar-refractivity contribution is -0.383. The number of nitrogen functional groups attached to an aromatic ring is 1. The molecule has 0 radical (unpaired) electrons. The summed E-state index contributed by atoms with van der Waals surface area (Å²) in [7, 11) is 1.64. The van der Waals surface area contributed by atoms with Crippen LogP contribution in [0.25, 0.3) is 10.9 Å². The van der Waals surface area contributed by atoms with Crippen molar-refractivity contribution in [3.05, 3.63) is 27.8 Å². The van der Waals surface area contributed by atoms with Gasteiger partial charge >= 0.3 is 0 Å². The molecule has 78 valence electrons. The topological polar surface area (TPSA) is 87.0 Å². The van der Waals surface area contributed by atoms with Crippen LogP contribution >= 0.6 is 0 Å². The molecule has 0 saturated heterocycles. The van der Waals surface area contributed by atoms with E-state index in [1.807, 2.05) is 6.92 Å². The van der Waals surface area contributed by atoms with Crippen LogP contribution in [0.4, 0.5) is 11.5 Å². The van der Waals surface area contributed by atoms with Gasteiger partial charge in [0.2, 0.25) is 0 Å². The van der Waals surface area contributed by atoms with Crippen molar-refractivity contribution in [2.45, 2.75) is 6.92 Å². The number of anilines is 1. The van der Waals surface area contributed by atoms with E-state index in [1.54, 1.807) is 13.1 Å². The van der Waals surface area contributed by atoms with Gasteiger partial charge in [-0.1, -0.05) is 6.07 Å². The molecule has 6 nitrogen and oxygen atoms in total. The smallest absolute Gasteiger partial charge is 0.295 e. The largest absolute Gasteiger partial charge is 0.382 e. The first-order chi connectivity index (χ1) is 7.02. The number of hydrogen-bond donors (Lipinski definition) is 1. The molecule has 1 aromatic carbocycles. The second-order valence-corrected chi connectivity index (χ2v) is 3.39. The molecule has 1 heterocycles. The van der Waals surface area contributed by atoms with E-state index in [9.17, 15) is 10.1 Å². The Labute approximate surface area is 85.4 Å². The highest BCUT2D eigenvalue weighted by Crippen LogP contribution is 2.31. The van der Waals surface area contributed by atoms with Crippen LogP contribution in [0, 0.1) is 17.0 Å². The highest BCUT2D eigenvalue weighted by molar-refractivity contribution is 5.97. The highest BCUT2D eigenvalue weighted by atomic mass is 16.6. The third-order valence-electron chi connectivity index (χ3n) is 2.40. The molecule has 1 aromatic heterocycles. The molecule has 0 saturated carbocycles. The van der Waals surface area contributed by atoms with E-state index in [1.165, 1.54) is 10.7 Å². The molecular weight excluding hydrogens is 196 g/mol. The summed E-state index contributed by atoms with van der Waals surface area (Å²) in [5, 5.41) is 15.5. The number of aromatic nitrogens is 2. The summed E-state index contributed by atoms with van der Waals surface area (Å²) >= 11 is 0. The quantitative estimate of drug-likeness (QED) is 0.563. The molecule has 6 heteroatoms. The van der Waals surface area contributed by atoms with E-state index >= 15 is 0 Å². The Morgan fingerprint density at radius 1 is 1.53 bits per heavy atom. The molecule has 0 aliphatic heterocycles. The summed E-state index contributed by atoms with van der Waals surface area (Å²) in [4.78, 5) is 10.4. The molecule has 0 spiro atoms. The van der Waals surface area contributed by atoms with E-state index in [4.69, 9.17) is 5.73 Å². The van der Waals surface area contributed by atoms with Crippen molar-refractivity contribution in [2.24, 2.45) is 7.05 Å². The minimum absolute atomic E-state index is 0.0299. The number of nitro groups is 1. The SMILES string of the molecule is Cc1ccc([N+](=O)[O-])c2c1c(N)nn2C. The maximum atomic E-state index is 10.8. The van der Waals surface area contributed by atoms with Gasteiger partial charge in [0.15, 0.2) is 5.82 Å². The van der Waals surface area contributed by atoms with Crippen molar-refractivity contribution in [3.8, 4) is 0 Å². The van der Waals surface area contributed by atoms with Gasteiger partial charge in [-0.05, 0) is 12.5 Å². The summed E-state index contributed by atoms with van der Waals surface area (Å²) in [6, 6.07) is 3.15. The molecule has 0 atom stereocenters. The summed E-state index contributed by atoms with van der Waals surface area (Å²) < 4.78 is 1.44. The Bertz CT molecular complexity index is 559. The van der Waals surface area contributed by atoms with Gasteiger partial charge in [-0.25, -0.2) is 0 Å². The molecule has 2 aromatic rings. The average molecular weight is 206 g/mol. The number of nitro benzene ring substituents is 1. The lowest BCUT2D eigenvalue weighted by atomic mass is 10.1. The molecule has 0 aliphatic carbocycles. The minimum Gasteiger partial charge on any atom is -0.382 e. The van der Waals surface area contributed by atoms with Crippen molar-refractivity contribution in [1.82, 2.24) is 9.78 Å². The van der Waals surface area contributed by atoms with Crippen LogP contribution in [0.5, 0.6) is 0 Å². The van der Waals surface area contributed by atoms with Gasteiger partial charge in [-0.2, -0.15) is 5.10 Å². The Balaban J connectivity index is 2.98. The predicted molar refractivity (Wildman–Crippen MR) is 56.5 cm³/mol. The van der Waals surface area contributed by atoms with E-state index in [0.29, 0.717) is 16.7 Å². The van der Waals surface area contributed by atoms with Crippen molar-refractivity contribution in [3.63, 3.8) is 0 Å². The van der Waals surface area contributed by atoms with Crippen LogP contribution in [0.1, 0.15) is 5.56 Å². The van der Waals surface area contributed by atoms with Crippen molar-refractivity contribution in [1.29, 1.82) is 0 Å². The summed E-state index contributed by atoms with van der Waals surface area (Å²) in [5.41, 5.74) is 7.08. The van der Waals surface area contributed by atoms with Gasteiger partial charge in [0, 0.05) is 13.1 Å². The molecule has 0 unspecified atom stereocenters. The molecule has 2 rings (SSSR count). The number of hydrogen-bond acceptors (Lipinski definition) is 4. The van der Waals surface area contributed by atoms with E-state index in [0.717, 1.165) is 5.56 Å². The van der Waals surface area contributed by atoms with Crippen molar-refractivity contribution in [2.75, 3.05) is 5.73 Å². The predicted octanol–water partition coefficient (Wildman–Crippen LogP) is 1.37. The van der Waals surface area contributed by atoms with Crippen molar-refractivity contribution < 1.29 is 4.92 Å². The second kappa shape index (κ2) is 2.94. The first-order valence-electron chi connectivity index (χ1n) is 4.38. The normalized spacial score (nSPS) is 10.8. The second-order valence-electron chi connectivity index (χ2n) is 3.39. The average Bonchev–Trinajstić information content (AvgIpc) is 2.43.